The normalized spacial score (nSPS) is 17.0. The fourth-order valence-corrected chi connectivity index (χ4v) is 2.92. The van der Waals surface area contributed by atoms with Gasteiger partial charge >= 0.3 is 0 Å². The summed E-state index contributed by atoms with van der Waals surface area (Å²) in [6.45, 7) is 3.00. The van der Waals surface area contributed by atoms with Crippen molar-refractivity contribution in [3.8, 4) is 23.3 Å². The van der Waals surface area contributed by atoms with Crippen LogP contribution in [0.5, 0.6) is 5.75 Å². The monoisotopic (exact) mass is 396 g/mol. The van der Waals surface area contributed by atoms with Crippen molar-refractivity contribution >= 4 is 5.91 Å². The van der Waals surface area contributed by atoms with Crippen LogP contribution < -0.4 is 10.5 Å². The molecule has 1 aliphatic heterocycles. The van der Waals surface area contributed by atoms with Gasteiger partial charge in [-0.1, -0.05) is 17.0 Å². The number of amides is 1. The van der Waals surface area contributed by atoms with Gasteiger partial charge in [0.05, 0.1) is 5.69 Å². The van der Waals surface area contributed by atoms with E-state index in [2.05, 4.69) is 22.1 Å². The highest BCUT2D eigenvalue weighted by Crippen LogP contribution is 2.33. The molecular weight excluding hydrogens is 379 g/mol. The standard InChI is InChI=1S/C20H17FN4O4/c1-11-7-18(24-29-11)20(2,27)6-5-12-3-4-17-16(8-12)25-15(13(21)10-28-17)9-14(23-25)19(22)26/h3-4,7-9,13,27H,10H2,1-2H3,(H2,22,26)/t13-,20+/m0/s1. The number of primary amides is 1. The van der Waals surface area contributed by atoms with Gasteiger partial charge in [0.25, 0.3) is 5.91 Å². The van der Waals surface area contributed by atoms with E-state index in [1.807, 2.05) is 0 Å². The summed E-state index contributed by atoms with van der Waals surface area (Å²) in [6, 6.07) is 7.84. The zero-order valence-electron chi connectivity index (χ0n) is 15.6. The van der Waals surface area contributed by atoms with Gasteiger partial charge in [-0.3, -0.25) is 4.79 Å². The van der Waals surface area contributed by atoms with Crippen LogP contribution in [0.25, 0.3) is 5.69 Å². The van der Waals surface area contributed by atoms with E-state index in [-0.39, 0.29) is 18.0 Å². The molecule has 0 saturated carbocycles. The van der Waals surface area contributed by atoms with Crippen molar-refractivity contribution in [3.05, 3.63) is 58.7 Å². The Labute approximate surface area is 165 Å². The number of rotatable bonds is 2. The van der Waals surface area contributed by atoms with Gasteiger partial charge in [-0.05, 0) is 38.1 Å². The van der Waals surface area contributed by atoms with E-state index in [9.17, 15) is 14.3 Å². The number of hydrogen-bond acceptors (Lipinski definition) is 6. The Morgan fingerprint density at radius 2 is 2.21 bits per heavy atom. The Morgan fingerprint density at radius 1 is 1.41 bits per heavy atom. The maximum atomic E-state index is 14.5. The average Bonchev–Trinajstić information content (AvgIpc) is 3.29. The van der Waals surface area contributed by atoms with Crippen LogP contribution in [0.1, 0.15) is 46.3 Å². The number of nitrogens with zero attached hydrogens (tertiary/aromatic N) is 3. The minimum atomic E-state index is -1.53. The molecule has 2 atom stereocenters. The molecule has 0 fully saturated rings. The molecule has 3 aromatic rings. The largest absolute Gasteiger partial charge is 0.488 e. The van der Waals surface area contributed by atoms with Gasteiger partial charge in [-0.25, -0.2) is 9.07 Å². The van der Waals surface area contributed by atoms with E-state index in [0.717, 1.165) is 0 Å². The predicted octanol–water partition coefficient (Wildman–Crippen LogP) is 1.93. The smallest absolute Gasteiger partial charge is 0.269 e. The molecule has 29 heavy (non-hydrogen) atoms. The number of aryl methyl sites for hydroxylation is 1. The van der Waals surface area contributed by atoms with Crippen molar-refractivity contribution in [2.75, 3.05) is 6.61 Å². The van der Waals surface area contributed by atoms with E-state index in [0.29, 0.717) is 28.5 Å². The number of halogens is 1. The molecule has 3 N–H and O–H groups in total. The zero-order chi connectivity index (χ0) is 20.8. The van der Waals surface area contributed by atoms with E-state index < -0.39 is 17.7 Å². The van der Waals surface area contributed by atoms with Gasteiger partial charge in [0.15, 0.2) is 17.5 Å². The third-order valence-electron chi connectivity index (χ3n) is 4.46. The van der Waals surface area contributed by atoms with E-state index in [1.54, 1.807) is 31.2 Å². The molecule has 0 spiro atoms. The third-order valence-corrected chi connectivity index (χ3v) is 4.46. The summed E-state index contributed by atoms with van der Waals surface area (Å²) >= 11 is 0. The fraction of sp³-hybridized carbons (Fsp3) is 0.250. The second kappa shape index (κ2) is 6.76. The number of alkyl halides is 1. The van der Waals surface area contributed by atoms with Crippen LogP contribution in [0, 0.1) is 18.8 Å². The highest BCUT2D eigenvalue weighted by atomic mass is 19.1. The summed E-state index contributed by atoms with van der Waals surface area (Å²) in [5.74, 6) is 5.81. The number of benzene rings is 1. The second-order valence-corrected chi connectivity index (χ2v) is 6.84. The molecule has 0 radical (unpaired) electrons. The van der Waals surface area contributed by atoms with Crippen LogP contribution in [0.4, 0.5) is 4.39 Å². The number of aromatic nitrogens is 3. The molecule has 1 aromatic carbocycles. The Morgan fingerprint density at radius 3 is 2.90 bits per heavy atom. The summed E-state index contributed by atoms with van der Waals surface area (Å²) in [6.07, 6.45) is -1.48. The Bertz CT molecular complexity index is 1170. The van der Waals surface area contributed by atoms with Crippen molar-refractivity contribution in [1.29, 1.82) is 0 Å². The quantitative estimate of drug-likeness (QED) is 0.640. The lowest BCUT2D eigenvalue weighted by molar-refractivity contribution is 0.0995. The van der Waals surface area contributed by atoms with Crippen molar-refractivity contribution in [2.24, 2.45) is 5.73 Å². The number of carbonyl (C=O) groups is 1. The van der Waals surface area contributed by atoms with Crippen LogP contribution in [0.15, 0.2) is 34.9 Å². The lowest BCUT2D eigenvalue weighted by Crippen LogP contribution is -2.18. The van der Waals surface area contributed by atoms with Crippen molar-refractivity contribution in [3.63, 3.8) is 0 Å². The van der Waals surface area contributed by atoms with E-state index in [4.69, 9.17) is 15.0 Å². The first-order valence-corrected chi connectivity index (χ1v) is 8.75. The van der Waals surface area contributed by atoms with Crippen LogP contribution in [-0.4, -0.2) is 32.6 Å². The highest BCUT2D eigenvalue weighted by Gasteiger charge is 2.27. The fourth-order valence-electron chi connectivity index (χ4n) is 2.92. The summed E-state index contributed by atoms with van der Waals surface area (Å²) < 4.78 is 26.2. The highest BCUT2D eigenvalue weighted by molar-refractivity contribution is 5.91. The average molecular weight is 396 g/mol. The molecule has 1 aliphatic rings. The van der Waals surface area contributed by atoms with Gasteiger partial charge < -0.3 is 20.1 Å². The molecule has 1 amide bonds. The van der Waals surface area contributed by atoms with Crippen LogP contribution in [0.2, 0.25) is 0 Å². The summed E-state index contributed by atoms with van der Waals surface area (Å²) in [7, 11) is 0. The molecular formula is C20H17FN4O4. The summed E-state index contributed by atoms with van der Waals surface area (Å²) in [4.78, 5) is 11.5. The first-order valence-electron chi connectivity index (χ1n) is 8.75. The van der Waals surface area contributed by atoms with E-state index in [1.165, 1.54) is 17.7 Å². The third kappa shape index (κ3) is 3.46. The molecule has 0 unspecified atom stereocenters. The number of nitrogens with two attached hydrogens (primary N) is 1. The number of ether oxygens (including phenoxy) is 1. The molecule has 8 nitrogen and oxygen atoms in total. The lowest BCUT2D eigenvalue weighted by Gasteiger charge is -2.12. The zero-order valence-corrected chi connectivity index (χ0v) is 15.6. The van der Waals surface area contributed by atoms with Crippen molar-refractivity contribution in [2.45, 2.75) is 25.6 Å². The molecule has 4 rings (SSSR count). The van der Waals surface area contributed by atoms with E-state index >= 15 is 0 Å². The van der Waals surface area contributed by atoms with Gasteiger partial charge in [0, 0.05) is 11.6 Å². The molecule has 148 valence electrons. The van der Waals surface area contributed by atoms with Crippen molar-refractivity contribution in [1.82, 2.24) is 14.9 Å². The summed E-state index contributed by atoms with van der Waals surface area (Å²) in [5.41, 5.74) is 5.10. The van der Waals surface area contributed by atoms with Gasteiger partial charge in [-0.2, -0.15) is 5.10 Å². The Hall–Kier alpha value is -3.64. The molecule has 0 aliphatic carbocycles. The maximum absolute atomic E-state index is 14.5. The number of fused-ring (bicyclic) bond motifs is 3. The summed E-state index contributed by atoms with van der Waals surface area (Å²) in [5, 5.41) is 18.5. The first kappa shape index (κ1) is 18.7. The van der Waals surface area contributed by atoms with Gasteiger partial charge in [0.1, 0.15) is 29.5 Å². The number of hydrogen-bond donors (Lipinski definition) is 2. The topological polar surface area (TPSA) is 116 Å². The Balaban J connectivity index is 1.76. The number of aliphatic hydroxyl groups is 1. The van der Waals surface area contributed by atoms with Crippen molar-refractivity contribution < 1.29 is 23.6 Å². The predicted molar refractivity (Wildman–Crippen MR) is 99.1 cm³/mol. The van der Waals surface area contributed by atoms with Crippen LogP contribution >= 0.6 is 0 Å². The van der Waals surface area contributed by atoms with Crippen LogP contribution in [-0.2, 0) is 5.60 Å². The SMILES string of the molecule is Cc1cc([C@](C)(O)C#Cc2ccc3c(c2)-n2nc(C(N)=O)cc2[C@@H](F)CO3)no1. The second-order valence-electron chi connectivity index (χ2n) is 6.84. The molecule has 3 heterocycles. The lowest BCUT2D eigenvalue weighted by atomic mass is 10.0. The Kier molecular flexibility index (Phi) is 4.36. The molecule has 2 aromatic heterocycles. The molecule has 9 heteroatoms. The van der Waals surface area contributed by atoms with Gasteiger partial charge in [0.2, 0.25) is 0 Å². The minimum Gasteiger partial charge on any atom is -0.488 e. The van der Waals surface area contributed by atoms with Gasteiger partial charge in [-0.15, -0.1) is 0 Å². The first-order chi connectivity index (χ1) is 13.7. The number of carbonyl (C=O) groups excluding carboxylic acids is 1. The maximum Gasteiger partial charge on any atom is 0.269 e. The molecule has 0 saturated heterocycles. The minimum absolute atomic E-state index is 0.0451. The molecule has 0 bridgehead atoms. The van der Waals surface area contributed by atoms with Crippen LogP contribution in [0.3, 0.4) is 0 Å².